The third-order valence-corrected chi connectivity index (χ3v) is 3.83. The van der Waals surface area contributed by atoms with Crippen LogP contribution in [0.25, 0.3) is 0 Å². The fourth-order valence-electron chi connectivity index (χ4n) is 2.58. The zero-order valence-corrected chi connectivity index (χ0v) is 11.8. The van der Waals surface area contributed by atoms with Crippen LogP contribution < -0.4 is 10.1 Å². The molecule has 1 aliphatic heterocycles. The van der Waals surface area contributed by atoms with Crippen LogP contribution in [-0.2, 0) is 6.54 Å². The van der Waals surface area contributed by atoms with Gasteiger partial charge in [0.15, 0.2) is 0 Å². The minimum absolute atomic E-state index is 0.201. The molecule has 1 aromatic carbocycles. The first-order valence-corrected chi connectivity index (χ1v) is 6.98. The van der Waals surface area contributed by atoms with E-state index in [1.165, 1.54) is 19.0 Å². The molecule has 1 aromatic rings. The van der Waals surface area contributed by atoms with E-state index < -0.39 is 0 Å². The largest absolute Gasteiger partial charge is 0.497 e. The van der Waals surface area contributed by atoms with Gasteiger partial charge in [-0.25, -0.2) is 4.39 Å². The van der Waals surface area contributed by atoms with Crippen molar-refractivity contribution in [3.63, 3.8) is 0 Å². The topological polar surface area (TPSA) is 24.5 Å². The maximum atomic E-state index is 13.7. The summed E-state index contributed by atoms with van der Waals surface area (Å²) in [6, 6.07) is 5.02. The molecule has 1 atom stereocenters. The highest BCUT2D eigenvalue weighted by Crippen LogP contribution is 2.17. The summed E-state index contributed by atoms with van der Waals surface area (Å²) in [6.07, 6.45) is 1.24. The molecule has 0 aromatic heterocycles. The molecule has 3 nitrogen and oxygen atoms in total. The van der Waals surface area contributed by atoms with Gasteiger partial charge in [0.05, 0.1) is 7.11 Å². The van der Waals surface area contributed by atoms with Gasteiger partial charge in [-0.15, -0.1) is 0 Å². The lowest BCUT2D eigenvalue weighted by Crippen LogP contribution is -2.26. The lowest BCUT2D eigenvalue weighted by atomic mass is 10.1. The van der Waals surface area contributed by atoms with Crippen molar-refractivity contribution in [2.24, 2.45) is 5.92 Å². The quantitative estimate of drug-likeness (QED) is 0.855. The molecule has 1 N–H and O–H groups in total. The van der Waals surface area contributed by atoms with Crippen LogP contribution in [0, 0.1) is 11.7 Å². The van der Waals surface area contributed by atoms with Gasteiger partial charge >= 0.3 is 0 Å². The van der Waals surface area contributed by atoms with E-state index in [0.29, 0.717) is 23.8 Å². The Morgan fingerprint density at radius 1 is 1.47 bits per heavy atom. The normalized spacial score (nSPS) is 19.8. The average Bonchev–Trinajstić information content (AvgIpc) is 2.88. The van der Waals surface area contributed by atoms with Gasteiger partial charge in [-0.1, -0.05) is 13.0 Å². The molecule has 1 heterocycles. The lowest BCUT2D eigenvalue weighted by molar-refractivity contribution is 0.338. The fraction of sp³-hybridized carbons (Fsp3) is 0.600. The number of hydrogen-bond donors (Lipinski definition) is 1. The Morgan fingerprint density at radius 3 is 2.95 bits per heavy atom. The van der Waals surface area contributed by atoms with E-state index in [4.69, 9.17) is 4.74 Å². The predicted octanol–water partition coefficient (Wildman–Crippen LogP) is 2.27. The number of rotatable bonds is 6. The van der Waals surface area contributed by atoms with Crippen LogP contribution in [0.1, 0.15) is 18.9 Å². The molecule has 0 amide bonds. The molecule has 1 unspecified atom stereocenters. The molecule has 2 rings (SSSR count). The van der Waals surface area contributed by atoms with Crippen molar-refractivity contribution in [2.75, 3.05) is 33.3 Å². The average molecular weight is 266 g/mol. The van der Waals surface area contributed by atoms with Gasteiger partial charge in [0, 0.05) is 24.7 Å². The minimum atomic E-state index is -0.201. The molecule has 0 spiro atoms. The summed E-state index contributed by atoms with van der Waals surface area (Å²) in [5, 5.41) is 3.36. The maximum absolute atomic E-state index is 13.7. The van der Waals surface area contributed by atoms with Crippen LogP contribution in [-0.4, -0.2) is 38.2 Å². The third kappa shape index (κ3) is 3.91. The van der Waals surface area contributed by atoms with E-state index in [9.17, 15) is 4.39 Å². The Morgan fingerprint density at radius 2 is 2.32 bits per heavy atom. The number of ether oxygens (including phenoxy) is 1. The SMILES string of the molecule is CCN1CCC(CNCc2ccc(OC)cc2F)C1. The van der Waals surface area contributed by atoms with Gasteiger partial charge in [-0.05, 0) is 38.0 Å². The Hall–Kier alpha value is -1.13. The summed E-state index contributed by atoms with van der Waals surface area (Å²) in [4.78, 5) is 2.46. The molecule has 4 heteroatoms. The second kappa shape index (κ2) is 6.87. The first-order valence-electron chi connectivity index (χ1n) is 6.98. The highest BCUT2D eigenvalue weighted by Gasteiger charge is 2.20. The Bertz CT molecular complexity index is 411. The molecule has 1 aliphatic rings. The van der Waals surface area contributed by atoms with E-state index in [-0.39, 0.29) is 5.82 Å². The molecule has 19 heavy (non-hydrogen) atoms. The first-order chi connectivity index (χ1) is 9.22. The van der Waals surface area contributed by atoms with Crippen molar-refractivity contribution in [3.8, 4) is 5.75 Å². The molecule has 0 radical (unpaired) electrons. The Kier molecular flexibility index (Phi) is 5.16. The van der Waals surface area contributed by atoms with E-state index >= 15 is 0 Å². The smallest absolute Gasteiger partial charge is 0.131 e. The highest BCUT2D eigenvalue weighted by molar-refractivity contribution is 5.28. The van der Waals surface area contributed by atoms with Gasteiger partial charge < -0.3 is 15.0 Å². The summed E-state index contributed by atoms with van der Waals surface area (Å²) in [6.45, 7) is 7.22. The molecule has 0 bridgehead atoms. The standard InChI is InChI=1S/C15H23FN2O/c1-3-18-7-6-12(11-18)9-17-10-13-4-5-14(19-2)8-15(13)16/h4-5,8,12,17H,3,6-7,9-11H2,1-2H3. The molecule has 0 aliphatic carbocycles. The van der Waals surface area contributed by atoms with E-state index in [2.05, 4.69) is 17.1 Å². The number of nitrogens with zero attached hydrogens (tertiary/aromatic N) is 1. The second-order valence-corrected chi connectivity index (χ2v) is 5.14. The number of likely N-dealkylation sites (tertiary alicyclic amines) is 1. The predicted molar refractivity (Wildman–Crippen MR) is 74.9 cm³/mol. The Labute approximate surface area is 114 Å². The molecule has 1 fully saturated rings. The van der Waals surface area contributed by atoms with Crippen molar-refractivity contribution < 1.29 is 9.13 Å². The molecule has 1 saturated heterocycles. The van der Waals surface area contributed by atoms with Crippen molar-refractivity contribution in [2.45, 2.75) is 19.9 Å². The van der Waals surface area contributed by atoms with Gasteiger partial charge in [-0.2, -0.15) is 0 Å². The van der Waals surface area contributed by atoms with Gasteiger partial charge in [0.2, 0.25) is 0 Å². The monoisotopic (exact) mass is 266 g/mol. The number of nitrogens with one attached hydrogen (secondary N) is 1. The number of halogens is 1. The van der Waals surface area contributed by atoms with Crippen molar-refractivity contribution in [1.82, 2.24) is 10.2 Å². The number of benzene rings is 1. The van der Waals surface area contributed by atoms with Crippen LogP contribution in [0.4, 0.5) is 4.39 Å². The van der Waals surface area contributed by atoms with Crippen LogP contribution in [0.3, 0.4) is 0 Å². The summed E-state index contributed by atoms with van der Waals surface area (Å²) in [7, 11) is 1.55. The summed E-state index contributed by atoms with van der Waals surface area (Å²) in [5.41, 5.74) is 0.700. The lowest BCUT2D eigenvalue weighted by Gasteiger charge is -2.14. The van der Waals surface area contributed by atoms with Crippen molar-refractivity contribution in [3.05, 3.63) is 29.6 Å². The molecule has 106 valence electrons. The second-order valence-electron chi connectivity index (χ2n) is 5.14. The first kappa shape index (κ1) is 14.3. The van der Waals surface area contributed by atoms with Crippen molar-refractivity contribution >= 4 is 0 Å². The van der Waals surface area contributed by atoms with Crippen LogP contribution in [0.5, 0.6) is 5.75 Å². The third-order valence-electron chi connectivity index (χ3n) is 3.83. The van der Waals surface area contributed by atoms with Crippen LogP contribution in [0.2, 0.25) is 0 Å². The van der Waals surface area contributed by atoms with Gasteiger partial charge in [-0.3, -0.25) is 0 Å². The van der Waals surface area contributed by atoms with Crippen LogP contribution >= 0.6 is 0 Å². The Balaban J connectivity index is 1.77. The number of hydrogen-bond acceptors (Lipinski definition) is 3. The molecular formula is C15H23FN2O. The van der Waals surface area contributed by atoms with E-state index in [1.807, 2.05) is 0 Å². The zero-order valence-electron chi connectivity index (χ0n) is 11.8. The zero-order chi connectivity index (χ0) is 13.7. The number of methoxy groups -OCH3 is 1. The minimum Gasteiger partial charge on any atom is -0.497 e. The van der Waals surface area contributed by atoms with Crippen molar-refractivity contribution in [1.29, 1.82) is 0 Å². The van der Waals surface area contributed by atoms with Gasteiger partial charge in [0.25, 0.3) is 0 Å². The van der Waals surface area contributed by atoms with E-state index in [0.717, 1.165) is 19.6 Å². The molecular weight excluding hydrogens is 243 g/mol. The highest BCUT2D eigenvalue weighted by atomic mass is 19.1. The fourth-order valence-corrected chi connectivity index (χ4v) is 2.58. The summed E-state index contributed by atoms with van der Waals surface area (Å²) < 4.78 is 18.7. The van der Waals surface area contributed by atoms with E-state index in [1.54, 1.807) is 19.2 Å². The summed E-state index contributed by atoms with van der Waals surface area (Å²) >= 11 is 0. The summed E-state index contributed by atoms with van der Waals surface area (Å²) in [5.74, 6) is 1.06. The van der Waals surface area contributed by atoms with Gasteiger partial charge in [0.1, 0.15) is 11.6 Å². The maximum Gasteiger partial charge on any atom is 0.131 e. The molecule has 0 saturated carbocycles. The van der Waals surface area contributed by atoms with Crippen LogP contribution in [0.15, 0.2) is 18.2 Å².